The van der Waals surface area contributed by atoms with E-state index in [-0.39, 0.29) is 6.04 Å². The Morgan fingerprint density at radius 3 is 2.56 bits per heavy atom. The van der Waals surface area contributed by atoms with E-state index in [0.717, 1.165) is 15.7 Å². The number of benzene rings is 2. The number of halogens is 3. The number of nitrogens with one attached hydrogen (secondary N) is 1. The van der Waals surface area contributed by atoms with E-state index in [1.165, 1.54) is 0 Å². The summed E-state index contributed by atoms with van der Waals surface area (Å²) in [6, 6.07) is 13.8. The van der Waals surface area contributed by atoms with Gasteiger partial charge in [0.15, 0.2) is 0 Å². The highest BCUT2D eigenvalue weighted by atomic mass is 79.9. The summed E-state index contributed by atoms with van der Waals surface area (Å²) in [4.78, 5) is 0. The Kier molecular flexibility index (Phi) is 4.55. The van der Waals surface area contributed by atoms with Crippen LogP contribution in [0.2, 0.25) is 10.0 Å². The van der Waals surface area contributed by atoms with Gasteiger partial charge >= 0.3 is 0 Å². The van der Waals surface area contributed by atoms with Crippen molar-refractivity contribution < 1.29 is 0 Å². The summed E-state index contributed by atoms with van der Waals surface area (Å²) in [6.07, 6.45) is 0. The van der Waals surface area contributed by atoms with Crippen LogP contribution in [0.15, 0.2) is 46.9 Å². The Labute approximate surface area is 125 Å². The van der Waals surface area contributed by atoms with Crippen molar-refractivity contribution in [2.24, 2.45) is 0 Å². The lowest BCUT2D eigenvalue weighted by Crippen LogP contribution is -2.07. The zero-order valence-electron chi connectivity index (χ0n) is 9.75. The number of rotatable bonds is 3. The third kappa shape index (κ3) is 3.19. The number of hydrogen-bond acceptors (Lipinski definition) is 1. The second-order valence-corrected chi connectivity index (χ2v) is 5.72. The number of hydrogen-bond donors (Lipinski definition) is 1. The minimum absolute atomic E-state index is 0.0884. The Morgan fingerprint density at radius 2 is 1.83 bits per heavy atom. The van der Waals surface area contributed by atoms with E-state index in [4.69, 9.17) is 23.2 Å². The highest BCUT2D eigenvalue weighted by Crippen LogP contribution is 2.31. The van der Waals surface area contributed by atoms with Crippen molar-refractivity contribution in [1.29, 1.82) is 0 Å². The molecule has 0 aliphatic carbocycles. The first-order chi connectivity index (χ1) is 8.58. The molecule has 94 valence electrons. The first-order valence-electron chi connectivity index (χ1n) is 5.54. The van der Waals surface area contributed by atoms with E-state index in [9.17, 15) is 0 Å². The zero-order chi connectivity index (χ0) is 13.1. The standard InChI is InChI=1S/C14H12BrCl2N/c1-9(12-6-3-7-13(16)14(12)17)18-11-5-2-4-10(15)8-11/h2-9,18H,1H3. The van der Waals surface area contributed by atoms with E-state index in [2.05, 4.69) is 28.2 Å². The van der Waals surface area contributed by atoms with E-state index in [1.807, 2.05) is 36.4 Å². The van der Waals surface area contributed by atoms with Crippen LogP contribution >= 0.6 is 39.1 Å². The van der Waals surface area contributed by atoms with Gasteiger partial charge in [0, 0.05) is 10.2 Å². The molecule has 18 heavy (non-hydrogen) atoms. The predicted molar refractivity (Wildman–Crippen MR) is 82.6 cm³/mol. The van der Waals surface area contributed by atoms with Crippen LogP contribution in [0.3, 0.4) is 0 Å². The molecule has 0 amide bonds. The van der Waals surface area contributed by atoms with Crippen LogP contribution < -0.4 is 5.32 Å². The van der Waals surface area contributed by atoms with Gasteiger partial charge in [0.25, 0.3) is 0 Å². The molecule has 0 fully saturated rings. The van der Waals surface area contributed by atoms with Crippen molar-refractivity contribution in [3.63, 3.8) is 0 Å². The molecule has 2 rings (SSSR count). The SMILES string of the molecule is CC(Nc1cccc(Br)c1)c1cccc(Cl)c1Cl. The number of anilines is 1. The van der Waals surface area contributed by atoms with Gasteiger partial charge in [0.2, 0.25) is 0 Å². The van der Waals surface area contributed by atoms with Gasteiger partial charge in [-0.3, -0.25) is 0 Å². The summed E-state index contributed by atoms with van der Waals surface area (Å²) < 4.78 is 1.04. The van der Waals surface area contributed by atoms with Gasteiger partial charge in [-0.05, 0) is 36.8 Å². The molecular weight excluding hydrogens is 333 g/mol. The molecule has 0 saturated heterocycles. The fraction of sp³-hybridized carbons (Fsp3) is 0.143. The molecule has 0 radical (unpaired) electrons. The van der Waals surface area contributed by atoms with Gasteiger partial charge in [0.1, 0.15) is 0 Å². The van der Waals surface area contributed by atoms with Crippen LogP contribution in [0.4, 0.5) is 5.69 Å². The average molecular weight is 345 g/mol. The highest BCUT2D eigenvalue weighted by Gasteiger charge is 2.11. The van der Waals surface area contributed by atoms with Gasteiger partial charge in [-0.1, -0.05) is 57.3 Å². The summed E-state index contributed by atoms with van der Waals surface area (Å²) in [5.41, 5.74) is 2.03. The van der Waals surface area contributed by atoms with Gasteiger partial charge in [-0.15, -0.1) is 0 Å². The normalized spacial score (nSPS) is 12.2. The second-order valence-electron chi connectivity index (χ2n) is 4.02. The maximum atomic E-state index is 6.20. The van der Waals surface area contributed by atoms with Crippen LogP contribution in [0.5, 0.6) is 0 Å². The van der Waals surface area contributed by atoms with E-state index >= 15 is 0 Å². The monoisotopic (exact) mass is 343 g/mol. The second kappa shape index (κ2) is 5.96. The molecule has 1 unspecified atom stereocenters. The van der Waals surface area contributed by atoms with Gasteiger partial charge in [-0.25, -0.2) is 0 Å². The van der Waals surface area contributed by atoms with Gasteiger partial charge in [0.05, 0.1) is 16.1 Å². The molecule has 4 heteroatoms. The summed E-state index contributed by atoms with van der Waals surface area (Å²) in [7, 11) is 0. The topological polar surface area (TPSA) is 12.0 Å². The summed E-state index contributed by atoms with van der Waals surface area (Å²) in [5, 5.41) is 4.58. The molecule has 2 aromatic rings. The molecule has 1 nitrogen and oxygen atoms in total. The first kappa shape index (κ1) is 13.7. The van der Waals surface area contributed by atoms with Crippen molar-refractivity contribution in [3.8, 4) is 0 Å². The lowest BCUT2D eigenvalue weighted by molar-refractivity contribution is 0.885. The van der Waals surface area contributed by atoms with Crippen molar-refractivity contribution in [1.82, 2.24) is 0 Å². The first-order valence-corrected chi connectivity index (χ1v) is 7.09. The van der Waals surface area contributed by atoms with E-state index in [1.54, 1.807) is 6.07 Å². The smallest absolute Gasteiger partial charge is 0.0644 e. The zero-order valence-corrected chi connectivity index (χ0v) is 12.9. The van der Waals surface area contributed by atoms with Crippen molar-refractivity contribution in [3.05, 3.63) is 62.5 Å². The molecule has 0 aliphatic heterocycles. The molecule has 0 saturated carbocycles. The van der Waals surface area contributed by atoms with Crippen LogP contribution in [0.1, 0.15) is 18.5 Å². The van der Waals surface area contributed by atoms with Gasteiger partial charge < -0.3 is 5.32 Å². The Morgan fingerprint density at radius 1 is 1.11 bits per heavy atom. The third-order valence-corrected chi connectivity index (χ3v) is 3.98. The molecule has 0 aliphatic rings. The van der Waals surface area contributed by atoms with Crippen LogP contribution in [0, 0.1) is 0 Å². The minimum atomic E-state index is 0.0884. The average Bonchev–Trinajstić information content (AvgIpc) is 2.32. The molecule has 0 spiro atoms. The summed E-state index contributed by atoms with van der Waals surface area (Å²) >= 11 is 15.7. The van der Waals surface area contributed by atoms with Gasteiger partial charge in [-0.2, -0.15) is 0 Å². The van der Waals surface area contributed by atoms with Crippen LogP contribution in [-0.4, -0.2) is 0 Å². The summed E-state index contributed by atoms with van der Waals surface area (Å²) in [5.74, 6) is 0. The maximum Gasteiger partial charge on any atom is 0.0644 e. The van der Waals surface area contributed by atoms with E-state index < -0.39 is 0 Å². The quantitative estimate of drug-likeness (QED) is 0.727. The maximum absolute atomic E-state index is 6.20. The van der Waals surface area contributed by atoms with Crippen LogP contribution in [-0.2, 0) is 0 Å². The Bertz CT molecular complexity index is 557. The summed E-state index contributed by atoms with van der Waals surface area (Å²) in [6.45, 7) is 2.05. The van der Waals surface area contributed by atoms with E-state index in [0.29, 0.717) is 10.0 Å². The lowest BCUT2D eigenvalue weighted by Gasteiger charge is -2.17. The molecule has 2 aromatic carbocycles. The van der Waals surface area contributed by atoms with Crippen molar-refractivity contribution in [2.45, 2.75) is 13.0 Å². The fourth-order valence-corrected chi connectivity index (χ4v) is 2.63. The minimum Gasteiger partial charge on any atom is -0.378 e. The Hall–Kier alpha value is -0.700. The van der Waals surface area contributed by atoms with Crippen molar-refractivity contribution in [2.75, 3.05) is 5.32 Å². The predicted octanol–water partition coefficient (Wildman–Crippen LogP) is 5.93. The molecule has 1 N–H and O–H groups in total. The molecule has 1 atom stereocenters. The molecule has 0 aromatic heterocycles. The Balaban J connectivity index is 2.22. The lowest BCUT2D eigenvalue weighted by atomic mass is 10.1. The molecule has 0 heterocycles. The molecule has 0 bridgehead atoms. The van der Waals surface area contributed by atoms with Crippen LogP contribution in [0.25, 0.3) is 0 Å². The van der Waals surface area contributed by atoms with Crippen molar-refractivity contribution >= 4 is 44.8 Å². The largest absolute Gasteiger partial charge is 0.378 e. The molecular formula is C14H12BrCl2N. The fourth-order valence-electron chi connectivity index (χ4n) is 1.76. The third-order valence-electron chi connectivity index (χ3n) is 2.66. The highest BCUT2D eigenvalue weighted by molar-refractivity contribution is 9.10.